The van der Waals surface area contributed by atoms with E-state index in [9.17, 15) is 0 Å². The average Bonchev–Trinajstić information content (AvgIpc) is 2.97. The summed E-state index contributed by atoms with van der Waals surface area (Å²) in [5, 5.41) is 0. The fraction of sp³-hybridized carbons (Fsp3) is 0.625. The lowest BCUT2D eigenvalue weighted by Crippen LogP contribution is -2.41. The van der Waals surface area contributed by atoms with Gasteiger partial charge in [0.25, 0.3) is 0 Å². The first-order valence-electron chi connectivity index (χ1n) is 7.17. The first kappa shape index (κ1) is 13.2. The molecule has 0 amide bonds. The van der Waals surface area contributed by atoms with Gasteiger partial charge < -0.3 is 9.31 Å². The predicted octanol–water partition coefficient (Wildman–Crippen LogP) is 3.81. The molecule has 1 aromatic rings. The fourth-order valence-electron chi connectivity index (χ4n) is 3.00. The van der Waals surface area contributed by atoms with Crippen molar-refractivity contribution in [2.24, 2.45) is 0 Å². The van der Waals surface area contributed by atoms with Crippen LogP contribution in [0.2, 0.25) is 5.82 Å². The van der Waals surface area contributed by atoms with E-state index in [2.05, 4.69) is 65.0 Å². The molecular weight excluding hydrogens is 235 g/mol. The maximum Gasteiger partial charge on any atom is 0.462 e. The molecule has 1 aliphatic heterocycles. The van der Waals surface area contributed by atoms with E-state index in [-0.39, 0.29) is 23.7 Å². The second-order valence-electron chi connectivity index (χ2n) is 7.22. The van der Waals surface area contributed by atoms with Gasteiger partial charge in [-0.1, -0.05) is 37.3 Å². The second kappa shape index (κ2) is 3.86. The lowest BCUT2D eigenvalue weighted by molar-refractivity contribution is 0.00578. The molecule has 102 valence electrons. The Hall–Kier alpha value is -0.795. The Morgan fingerprint density at radius 1 is 0.947 bits per heavy atom. The average molecular weight is 258 g/mol. The summed E-state index contributed by atoms with van der Waals surface area (Å²) in [7, 11) is -0.0739. The van der Waals surface area contributed by atoms with Crippen molar-refractivity contribution in [1.29, 1.82) is 0 Å². The SMILES string of the molecule is CC1(C)OB([C@@H]2C[C@]2(C)c2ccccc2)OC1(C)C. The van der Waals surface area contributed by atoms with Crippen molar-refractivity contribution in [1.82, 2.24) is 0 Å². The van der Waals surface area contributed by atoms with Crippen LogP contribution in [0.15, 0.2) is 30.3 Å². The van der Waals surface area contributed by atoms with E-state index in [4.69, 9.17) is 9.31 Å². The van der Waals surface area contributed by atoms with Gasteiger partial charge in [0.1, 0.15) is 0 Å². The van der Waals surface area contributed by atoms with Crippen LogP contribution < -0.4 is 0 Å². The van der Waals surface area contributed by atoms with E-state index in [1.165, 1.54) is 5.56 Å². The van der Waals surface area contributed by atoms with Gasteiger partial charge in [-0.05, 0) is 45.1 Å². The zero-order valence-electron chi connectivity index (χ0n) is 12.6. The third kappa shape index (κ3) is 1.95. The van der Waals surface area contributed by atoms with E-state index in [1.54, 1.807) is 0 Å². The zero-order valence-corrected chi connectivity index (χ0v) is 12.6. The number of hydrogen-bond acceptors (Lipinski definition) is 2. The molecule has 3 heteroatoms. The highest BCUT2D eigenvalue weighted by atomic mass is 16.7. The predicted molar refractivity (Wildman–Crippen MR) is 78.2 cm³/mol. The van der Waals surface area contributed by atoms with E-state index in [0.717, 1.165) is 6.42 Å². The topological polar surface area (TPSA) is 18.5 Å². The highest BCUT2D eigenvalue weighted by Gasteiger charge is 2.65. The van der Waals surface area contributed by atoms with Gasteiger partial charge in [0.05, 0.1) is 11.2 Å². The maximum atomic E-state index is 6.18. The minimum atomic E-state index is -0.224. The minimum Gasteiger partial charge on any atom is -0.403 e. The van der Waals surface area contributed by atoms with Gasteiger partial charge >= 0.3 is 7.12 Å². The van der Waals surface area contributed by atoms with Crippen molar-refractivity contribution in [3.8, 4) is 0 Å². The lowest BCUT2D eigenvalue weighted by Gasteiger charge is -2.32. The Morgan fingerprint density at radius 2 is 1.47 bits per heavy atom. The minimum absolute atomic E-state index is 0.0739. The quantitative estimate of drug-likeness (QED) is 0.751. The molecule has 1 saturated carbocycles. The van der Waals surface area contributed by atoms with Crippen LogP contribution >= 0.6 is 0 Å². The molecule has 0 unspecified atom stereocenters. The van der Waals surface area contributed by atoms with Crippen LogP contribution in [0.1, 0.15) is 46.6 Å². The summed E-state index contributed by atoms with van der Waals surface area (Å²) in [4.78, 5) is 0. The molecule has 1 saturated heterocycles. The van der Waals surface area contributed by atoms with Gasteiger partial charge in [-0.25, -0.2) is 0 Å². The molecule has 19 heavy (non-hydrogen) atoms. The van der Waals surface area contributed by atoms with Gasteiger partial charge in [0.2, 0.25) is 0 Å². The van der Waals surface area contributed by atoms with Crippen molar-refractivity contribution < 1.29 is 9.31 Å². The molecule has 0 N–H and O–H groups in total. The Kier molecular flexibility index (Phi) is 2.68. The molecule has 0 radical (unpaired) electrons. The van der Waals surface area contributed by atoms with Gasteiger partial charge in [-0.2, -0.15) is 0 Å². The van der Waals surface area contributed by atoms with E-state index in [1.807, 2.05) is 0 Å². The van der Waals surface area contributed by atoms with Crippen LogP contribution in [0, 0.1) is 0 Å². The van der Waals surface area contributed by atoms with Crippen LogP contribution in [0.5, 0.6) is 0 Å². The highest BCUT2D eigenvalue weighted by molar-refractivity contribution is 6.49. The molecule has 3 rings (SSSR count). The van der Waals surface area contributed by atoms with E-state index < -0.39 is 0 Å². The maximum absolute atomic E-state index is 6.18. The van der Waals surface area contributed by atoms with Crippen molar-refractivity contribution in [3.63, 3.8) is 0 Å². The summed E-state index contributed by atoms with van der Waals surface area (Å²) >= 11 is 0. The third-order valence-electron chi connectivity index (χ3n) is 5.34. The Labute approximate surface area is 116 Å². The van der Waals surface area contributed by atoms with Crippen LogP contribution in [0.25, 0.3) is 0 Å². The van der Waals surface area contributed by atoms with Crippen LogP contribution in [-0.2, 0) is 14.7 Å². The van der Waals surface area contributed by atoms with Crippen molar-refractivity contribution in [2.45, 2.75) is 63.5 Å². The summed E-state index contributed by atoms with van der Waals surface area (Å²) in [6, 6.07) is 10.7. The van der Waals surface area contributed by atoms with Crippen molar-refractivity contribution in [2.75, 3.05) is 0 Å². The normalized spacial score (nSPS) is 35.4. The summed E-state index contributed by atoms with van der Waals surface area (Å²) in [6.07, 6.45) is 1.15. The smallest absolute Gasteiger partial charge is 0.403 e. The number of benzene rings is 1. The monoisotopic (exact) mass is 258 g/mol. The summed E-state index contributed by atoms with van der Waals surface area (Å²) in [5.74, 6) is 0.468. The van der Waals surface area contributed by atoms with E-state index in [0.29, 0.717) is 5.82 Å². The van der Waals surface area contributed by atoms with Gasteiger partial charge in [0.15, 0.2) is 0 Å². The summed E-state index contributed by atoms with van der Waals surface area (Å²) in [6.45, 7) is 10.8. The second-order valence-corrected chi connectivity index (χ2v) is 7.22. The molecule has 2 aliphatic rings. The van der Waals surface area contributed by atoms with E-state index >= 15 is 0 Å². The number of rotatable bonds is 2. The largest absolute Gasteiger partial charge is 0.462 e. The Morgan fingerprint density at radius 3 is 2.00 bits per heavy atom. The van der Waals surface area contributed by atoms with Crippen LogP contribution in [0.3, 0.4) is 0 Å². The molecule has 2 nitrogen and oxygen atoms in total. The van der Waals surface area contributed by atoms with Crippen molar-refractivity contribution in [3.05, 3.63) is 35.9 Å². The van der Waals surface area contributed by atoms with Crippen molar-refractivity contribution >= 4 is 7.12 Å². The van der Waals surface area contributed by atoms with Gasteiger partial charge in [0, 0.05) is 5.82 Å². The van der Waals surface area contributed by atoms with Crippen LogP contribution in [0.4, 0.5) is 0 Å². The fourth-order valence-corrected chi connectivity index (χ4v) is 3.00. The molecule has 0 bridgehead atoms. The molecule has 2 fully saturated rings. The summed E-state index contributed by atoms with van der Waals surface area (Å²) < 4.78 is 12.4. The van der Waals surface area contributed by atoms with Gasteiger partial charge in [-0.3, -0.25) is 0 Å². The molecular formula is C16H23BO2. The third-order valence-corrected chi connectivity index (χ3v) is 5.34. The summed E-state index contributed by atoms with van der Waals surface area (Å²) in [5.41, 5.74) is 1.16. The molecule has 1 aliphatic carbocycles. The first-order chi connectivity index (χ1) is 8.76. The zero-order chi connectivity index (χ0) is 13.9. The highest BCUT2D eigenvalue weighted by Crippen LogP contribution is 2.62. The van der Waals surface area contributed by atoms with Gasteiger partial charge in [-0.15, -0.1) is 0 Å². The number of hydrogen-bond donors (Lipinski definition) is 0. The first-order valence-corrected chi connectivity index (χ1v) is 7.17. The Bertz CT molecular complexity index is 467. The standard InChI is InChI=1S/C16H23BO2/c1-14(2)15(3,4)19-17(18-14)13-11-16(13,5)12-9-7-6-8-10-12/h6-10,13H,11H2,1-5H3/t13-,16-/m1/s1. The molecule has 0 aromatic heterocycles. The lowest BCUT2D eigenvalue weighted by atomic mass is 9.75. The Balaban J connectivity index is 1.78. The molecule has 0 spiro atoms. The molecule has 2 atom stereocenters. The molecule has 1 aromatic carbocycles. The molecule has 1 heterocycles. The van der Waals surface area contributed by atoms with Crippen LogP contribution in [-0.4, -0.2) is 18.3 Å².